The van der Waals surface area contributed by atoms with Crippen LogP contribution in [-0.2, 0) is 14.6 Å². The molecule has 2 atom stereocenters. The Hall–Kier alpha value is -2.79. The molecule has 172 valence electrons. The van der Waals surface area contributed by atoms with Crippen LogP contribution in [0.5, 0.6) is 5.75 Å². The van der Waals surface area contributed by atoms with E-state index in [1.807, 2.05) is 0 Å². The molecule has 0 spiro atoms. The van der Waals surface area contributed by atoms with Gasteiger partial charge in [-0.1, -0.05) is 35.9 Å². The molecule has 11 heteroatoms. The van der Waals surface area contributed by atoms with Crippen molar-refractivity contribution in [2.75, 3.05) is 29.4 Å². The van der Waals surface area contributed by atoms with Gasteiger partial charge in [0.05, 0.1) is 19.9 Å². The van der Waals surface area contributed by atoms with E-state index in [9.17, 15) is 18.4 Å². The maximum absolute atomic E-state index is 12.7. The van der Waals surface area contributed by atoms with Crippen molar-refractivity contribution in [3.63, 3.8) is 0 Å². The summed E-state index contributed by atoms with van der Waals surface area (Å²) in [6.07, 6.45) is -0.0825. The Kier molecular flexibility index (Phi) is 5.48. The highest BCUT2D eigenvalue weighted by Crippen LogP contribution is 2.42. The Morgan fingerprint density at radius 3 is 2.73 bits per heavy atom. The first-order valence-corrected chi connectivity index (χ1v) is 13.1. The number of hydroxylamine groups is 1. The third-order valence-electron chi connectivity index (χ3n) is 5.59. The van der Waals surface area contributed by atoms with Gasteiger partial charge in [-0.2, -0.15) is 0 Å². The number of amides is 1. The number of halogens is 1. The van der Waals surface area contributed by atoms with Crippen LogP contribution in [0.2, 0.25) is 4.34 Å². The van der Waals surface area contributed by atoms with Gasteiger partial charge < -0.3 is 19.7 Å². The number of rotatable bonds is 5. The van der Waals surface area contributed by atoms with Crippen molar-refractivity contribution in [2.24, 2.45) is 0 Å². The number of ether oxygens (including phenoxy) is 2. The number of hydrogen-bond donors (Lipinski definition) is 0. The predicted octanol–water partition coefficient (Wildman–Crippen LogP) is 4.56. The van der Waals surface area contributed by atoms with Gasteiger partial charge in [-0.15, -0.1) is 11.3 Å². The number of benzene rings is 2. The molecule has 2 aliphatic rings. The van der Waals surface area contributed by atoms with Crippen molar-refractivity contribution in [1.82, 2.24) is 0 Å². The number of carbonyl (C=O) groups excluding carboxylic acids is 1. The van der Waals surface area contributed by atoms with E-state index in [0.29, 0.717) is 31.9 Å². The first kappa shape index (κ1) is 22.0. The number of hydrogen-bond acceptors (Lipinski definition) is 8. The first-order valence-electron chi connectivity index (χ1n) is 9.98. The van der Waals surface area contributed by atoms with Gasteiger partial charge in [0.2, 0.25) is 0 Å². The van der Waals surface area contributed by atoms with Crippen molar-refractivity contribution >= 4 is 49.6 Å². The van der Waals surface area contributed by atoms with E-state index in [0.717, 1.165) is 22.7 Å². The van der Waals surface area contributed by atoms with E-state index in [2.05, 4.69) is 0 Å². The summed E-state index contributed by atoms with van der Waals surface area (Å²) in [7, 11) is -3.43. The minimum Gasteiger partial charge on any atom is -0.758 e. The Morgan fingerprint density at radius 1 is 1.21 bits per heavy atom. The van der Waals surface area contributed by atoms with Crippen LogP contribution in [0.4, 0.5) is 15.5 Å². The van der Waals surface area contributed by atoms with E-state index in [1.54, 1.807) is 54.6 Å². The number of carbonyl (C=O) groups is 1. The molecule has 0 bridgehead atoms. The summed E-state index contributed by atoms with van der Waals surface area (Å²) < 4.78 is 36.3. The second-order valence-corrected chi connectivity index (χ2v) is 11.4. The number of cyclic esters (lactones) is 1. The summed E-state index contributed by atoms with van der Waals surface area (Å²) in [5.74, 6) is 0.439. The fourth-order valence-electron chi connectivity index (χ4n) is 4.08. The van der Waals surface area contributed by atoms with Crippen molar-refractivity contribution in [2.45, 2.75) is 17.0 Å². The summed E-state index contributed by atoms with van der Waals surface area (Å²) in [5, 5.41) is 13.7. The van der Waals surface area contributed by atoms with Gasteiger partial charge in [0.1, 0.15) is 24.5 Å². The number of sulfone groups is 1. The van der Waals surface area contributed by atoms with Crippen LogP contribution >= 0.6 is 22.9 Å². The van der Waals surface area contributed by atoms with Gasteiger partial charge >= 0.3 is 6.09 Å². The number of thiophene rings is 1. The Balaban J connectivity index is 1.43. The molecule has 33 heavy (non-hydrogen) atoms. The van der Waals surface area contributed by atoms with Crippen molar-refractivity contribution in [1.29, 1.82) is 0 Å². The topological polar surface area (TPSA) is 99.2 Å². The highest BCUT2D eigenvalue weighted by atomic mass is 35.5. The quantitative estimate of drug-likeness (QED) is 0.468. The molecule has 0 saturated carbocycles. The highest BCUT2D eigenvalue weighted by Gasteiger charge is 2.46. The maximum Gasteiger partial charge on any atom is 0.415 e. The average Bonchev–Trinajstić information content (AvgIpc) is 3.36. The van der Waals surface area contributed by atoms with Crippen LogP contribution in [-0.4, -0.2) is 46.1 Å². The Morgan fingerprint density at radius 2 is 2.00 bits per heavy atom. The van der Waals surface area contributed by atoms with E-state index in [-0.39, 0.29) is 18.0 Å². The Bertz CT molecular complexity index is 1340. The minimum atomic E-state index is -3.43. The monoisotopic (exact) mass is 505 g/mol. The summed E-state index contributed by atoms with van der Waals surface area (Å²) in [6, 6.07) is 14.7. The molecule has 3 aromatic rings. The molecule has 0 radical (unpaired) electrons. The number of anilines is 2. The van der Waals surface area contributed by atoms with Gasteiger partial charge in [-0.3, -0.25) is 4.90 Å². The zero-order chi connectivity index (χ0) is 23.3. The summed E-state index contributed by atoms with van der Waals surface area (Å²) in [6.45, 7) is 0.0852. The van der Waals surface area contributed by atoms with Crippen molar-refractivity contribution in [3.05, 3.63) is 64.1 Å². The van der Waals surface area contributed by atoms with Gasteiger partial charge in [0, 0.05) is 18.4 Å². The van der Waals surface area contributed by atoms with E-state index in [4.69, 9.17) is 21.1 Å². The molecule has 8 nitrogen and oxygen atoms in total. The average molecular weight is 506 g/mol. The normalized spacial score (nSPS) is 19.5. The van der Waals surface area contributed by atoms with Crippen LogP contribution in [0, 0.1) is 5.21 Å². The molecule has 3 heterocycles. The third-order valence-corrected chi connectivity index (χ3v) is 7.98. The van der Waals surface area contributed by atoms with Crippen molar-refractivity contribution < 1.29 is 22.7 Å². The summed E-state index contributed by atoms with van der Waals surface area (Å²) in [5.41, 5.74) is 1.71. The molecule has 0 aliphatic carbocycles. The lowest BCUT2D eigenvalue weighted by Crippen LogP contribution is -2.47. The van der Waals surface area contributed by atoms with Crippen LogP contribution in [0.3, 0.4) is 0 Å². The van der Waals surface area contributed by atoms with Gasteiger partial charge in [0.25, 0.3) is 0 Å². The standard InChI is InChI=1S/C22H18ClN2O6S2/c1-33(28,29)19-5-3-2-4-14(19)13-6-7-15-17(10-13)30-12-16-18(31-22(26)25(15)16)11-24(27)21-9-8-20(23)32-21/h2-10,16,18H,11-12H2,1H3/q-1/t16-,18-/m0/s1. The predicted molar refractivity (Wildman–Crippen MR) is 127 cm³/mol. The van der Waals surface area contributed by atoms with Crippen LogP contribution in [0.1, 0.15) is 0 Å². The molecule has 0 N–H and O–H groups in total. The smallest absolute Gasteiger partial charge is 0.415 e. The molecule has 5 rings (SSSR count). The molecule has 2 aromatic carbocycles. The fraction of sp³-hybridized carbons (Fsp3) is 0.227. The SMILES string of the molecule is CS(=O)(=O)c1ccccc1-c1ccc2c(c1)OC[C@H]1[C@H](CN([O-])c3ccc(Cl)s3)OC(=O)N21. The van der Waals surface area contributed by atoms with Crippen molar-refractivity contribution in [3.8, 4) is 16.9 Å². The maximum atomic E-state index is 12.7. The first-order chi connectivity index (χ1) is 15.7. The van der Waals surface area contributed by atoms with Gasteiger partial charge in [0.15, 0.2) is 9.84 Å². The van der Waals surface area contributed by atoms with E-state index < -0.39 is 28.1 Å². The van der Waals surface area contributed by atoms with Crippen LogP contribution < -0.4 is 14.7 Å². The largest absolute Gasteiger partial charge is 0.758 e. The molecule has 0 unspecified atom stereocenters. The second-order valence-electron chi connectivity index (χ2n) is 7.76. The number of nitrogens with zero attached hydrogens (tertiary/aromatic N) is 2. The molecule has 1 aromatic heterocycles. The number of fused-ring (bicyclic) bond motifs is 3. The molecule has 1 saturated heterocycles. The van der Waals surface area contributed by atoms with Crippen LogP contribution in [0.25, 0.3) is 11.1 Å². The molecule has 1 fully saturated rings. The second kappa shape index (κ2) is 8.21. The Labute approximate surface area is 199 Å². The van der Waals surface area contributed by atoms with E-state index in [1.165, 1.54) is 4.90 Å². The molecular formula is C22H18ClN2O6S2-. The summed E-state index contributed by atoms with van der Waals surface area (Å²) >= 11 is 7.06. The van der Waals surface area contributed by atoms with E-state index >= 15 is 0 Å². The molecule has 1 amide bonds. The van der Waals surface area contributed by atoms with Crippen LogP contribution in [0.15, 0.2) is 59.5 Å². The third kappa shape index (κ3) is 4.04. The fourth-order valence-corrected chi connectivity index (χ4v) is 5.94. The lowest BCUT2D eigenvalue weighted by atomic mass is 10.0. The molecule has 2 aliphatic heterocycles. The molecular weight excluding hydrogens is 488 g/mol. The zero-order valence-electron chi connectivity index (χ0n) is 17.3. The highest BCUT2D eigenvalue weighted by molar-refractivity contribution is 7.90. The summed E-state index contributed by atoms with van der Waals surface area (Å²) in [4.78, 5) is 14.4. The van der Waals surface area contributed by atoms with Gasteiger partial charge in [-0.25, -0.2) is 13.2 Å². The zero-order valence-corrected chi connectivity index (χ0v) is 19.7. The lowest BCUT2D eigenvalue weighted by Gasteiger charge is -2.35. The van der Waals surface area contributed by atoms with Gasteiger partial charge in [-0.05, 0) is 35.9 Å². The minimum absolute atomic E-state index is 0.0533. The lowest BCUT2D eigenvalue weighted by molar-refractivity contribution is 0.126.